The van der Waals surface area contributed by atoms with Crippen LogP contribution in [0.15, 0.2) is 64.6 Å². The molecule has 204 valence electrons. The van der Waals surface area contributed by atoms with Crippen LogP contribution in [0.1, 0.15) is 5.56 Å². The first-order chi connectivity index (χ1) is 19.2. The minimum atomic E-state index is -0.910. The first kappa shape index (κ1) is 26.7. The van der Waals surface area contributed by atoms with E-state index in [2.05, 4.69) is 26.6 Å². The molecule has 5 rings (SSSR count). The number of nitrogens with one attached hydrogen (secondary N) is 2. The summed E-state index contributed by atoms with van der Waals surface area (Å²) in [6.07, 6.45) is 1.29. The molecule has 2 N–H and O–H groups in total. The van der Waals surface area contributed by atoms with Gasteiger partial charge in [-0.3, -0.25) is 19.7 Å². The van der Waals surface area contributed by atoms with Gasteiger partial charge in [0, 0.05) is 11.8 Å². The Hall–Kier alpha value is -4.91. The number of barbiturate groups is 1. The largest absolute Gasteiger partial charge is 0.493 e. The summed E-state index contributed by atoms with van der Waals surface area (Å²) in [6.45, 7) is -0.377. The van der Waals surface area contributed by atoms with Crippen molar-refractivity contribution in [2.75, 3.05) is 30.7 Å². The number of benzene rings is 3. The summed E-state index contributed by atoms with van der Waals surface area (Å²) in [6, 6.07) is 11.9. The Morgan fingerprint density at radius 1 is 1.10 bits per heavy atom. The third kappa shape index (κ3) is 5.45. The molecule has 5 amide bonds. The van der Waals surface area contributed by atoms with Gasteiger partial charge in [0.05, 0.1) is 17.3 Å². The molecular weight excluding hydrogens is 593 g/mol. The van der Waals surface area contributed by atoms with Crippen molar-refractivity contribution in [1.29, 1.82) is 0 Å². The van der Waals surface area contributed by atoms with Gasteiger partial charge in [0.25, 0.3) is 17.7 Å². The third-order valence-electron chi connectivity index (χ3n) is 5.75. The second-order valence-electron chi connectivity index (χ2n) is 8.37. The smallest absolute Gasteiger partial charge is 0.335 e. The number of nitrogens with zero attached hydrogens (tertiary/aromatic N) is 1. The number of carbonyl (C=O) groups is 4. The SMILES string of the molecule is COc1cc(/C=C2\C(=O)NC(=O)N(c3ccc4c(c3)OCO4)C2=O)cc(Br)c1OCC(=O)Nc1ccc(F)cc1. The van der Waals surface area contributed by atoms with Crippen LogP contribution < -0.4 is 34.5 Å². The number of carbonyl (C=O) groups excluding carboxylic acids is 4. The van der Waals surface area contributed by atoms with Crippen molar-refractivity contribution in [3.63, 3.8) is 0 Å². The van der Waals surface area contributed by atoms with E-state index in [0.29, 0.717) is 27.2 Å². The molecule has 0 aliphatic carbocycles. The minimum Gasteiger partial charge on any atom is -0.493 e. The van der Waals surface area contributed by atoms with Crippen molar-refractivity contribution < 1.29 is 42.5 Å². The van der Waals surface area contributed by atoms with E-state index in [1.807, 2.05) is 0 Å². The Morgan fingerprint density at radius 2 is 1.85 bits per heavy atom. The van der Waals surface area contributed by atoms with Gasteiger partial charge in [0.2, 0.25) is 6.79 Å². The number of halogens is 2. The molecule has 0 aromatic heterocycles. The zero-order valence-electron chi connectivity index (χ0n) is 20.7. The van der Waals surface area contributed by atoms with Crippen LogP contribution in [0.2, 0.25) is 0 Å². The number of imide groups is 2. The molecular formula is C27H19BrFN3O8. The number of hydrogen-bond acceptors (Lipinski definition) is 8. The van der Waals surface area contributed by atoms with Gasteiger partial charge in [0.15, 0.2) is 29.6 Å². The van der Waals surface area contributed by atoms with Gasteiger partial charge < -0.3 is 24.3 Å². The maximum atomic E-state index is 13.3. The van der Waals surface area contributed by atoms with Crippen LogP contribution >= 0.6 is 15.9 Å². The van der Waals surface area contributed by atoms with Crippen LogP contribution in [0.4, 0.5) is 20.6 Å². The van der Waals surface area contributed by atoms with Gasteiger partial charge in [0.1, 0.15) is 11.4 Å². The fourth-order valence-electron chi connectivity index (χ4n) is 3.91. The van der Waals surface area contributed by atoms with E-state index in [4.69, 9.17) is 18.9 Å². The quantitative estimate of drug-likeness (QED) is 0.302. The highest BCUT2D eigenvalue weighted by Crippen LogP contribution is 2.38. The van der Waals surface area contributed by atoms with Gasteiger partial charge in [-0.15, -0.1) is 0 Å². The molecule has 2 aliphatic heterocycles. The molecule has 3 aromatic carbocycles. The fraction of sp³-hybridized carbons (Fsp3) is 0.111. The molecule has 2 aliphatic rings. The Labute approximate surface area is 234 Å². The van der Waals surface area contributed by atoms with Gasteiger partial charge in [-0.25, -0.2) is 14.1 Å². The molecule has 0 bridgehead atoms. The van der Waals surface area contributed by atoms with Crippen LogP contribution in [0.5, 0.6) is 23.0 Å². The molecule has 1 saturated heterocycles. The van der Waals surface area contributed by atoms with E-state index in [9.17, 15) is 23.6 Å². The average molecular weight is 612 g/mol. The van der Waals surface area contributed by atoms with E-state index in [-0.39, 0.29) is 36.2 Å². The molecule has 11 nitrogen and oxygen atoms in total. The first-order valence-corrected chi connectivity index (χ1v) is 12.4. The lowest BCUT2D eigenvalue weighted by Crippen LogP contribution is -2.54. The summed E-state index contributed by atoms with van der Waals surface area (Å²) in [4.78, 5) is 51.6. The number of anilines is 2. The predicted octanol–water partition coefficient (Wildman–Crippen LogP) is 4.01. The Kier molecular flexibility index (Phi) is 7.38. The monoisotopic (exact) mass is 611 g/mol. The minimum absolute atomic E-state index is 0.0118. The number of amides is 5. The Balaban J connectivity index is 1.36. The van der Waals surface area contributed by atoms with Crippen LogP contribution in [-0.2, 0) is 14.4 Å². The second kappa shape index (κ2) is 11.1. The molecule has 3 aromatic rings. The molecule has 40 heavy (non-hydrogen) atoms. The molecule has 2 heterocycles. The molecule has 0 spiro atoms. The molecule has 0 saturated carbocycles. The maximum absolute atomic E-state index is 13.3. The van der Waals surface area contributed by atoms with E-state index in [1.165, 1.54) is 55.7 Å². The van der Waals surface area contributed by atoms with Gasteiger partial charge in [-0.1, -0.05) is 0 Å². The lowest BCUT2D eigenvalue weighted by molar-refractivity contribution is -0.122. The van der Waals surface area contributed by atoms with Crippen molar-refractivity contribution in [1.82, 2.24) is 5.32 Å². The summed E-state index contributed by atoms with van der Waals surface area (Å²) in [5.41, 5.74) is 0.641. The van der Waals surface area contributed by atoms with Gasteiger partial charge in [-0.2, -0.15) is 0 Å². The van der Waals surface area contributed by atoms with Crippen LogP contribution in [0.25, 0.3) is 6.08 Å². The van der Waals surface area contributed by atoms with Crippen molar-refractivity contribution >= 4 is 57.1 Å². The molecule has 0 unspecified atom stereocenters. The van der Waals surface area contributed by atoms with Crippen molar-refractivity contribution in [3.05, 3.63) is 76.0 Å². The number of hydrogen-bond donors (Lipinski definition) is 2. The number of methoxy groups -OCH3 is 1. The highest BCUT2D eigenvalue weighted by atomic mass is 79.9. The molecule has 1 fully saturated rings. The standard InChI is InChI=1S/C27H19BrFN3O8/c1-37-22-10-14(9-19(28)24(22)38-12-23(33)30-16-4-2-15(29)3-5-16)8-18-25(34)31-27(36)32(26(18)35)17-6-7-20-21(11-17)40-13-39-20/h2-11H,12-13H2,1H3,(H,30,33)(H,31,34,36)/b18-8+. The first-order valence-electron chi connectivity index (χ1n) is 11.6. The highest BCUT2D eigenvalue weighted by Gasteiger charge is 2.37. The molecule has 13 heteroatoms. The second-order valence-corrected chi connectivity index (χ2v) is 9.23. The zero-order valence-corrected chi connectivity index (χ0v) is 22.2. The number of urea groups is 1. The highest BCUT2D eigenvalue weighted by molar-refractivity contribution is 9.10. The van der Waals surface area contributed by atoms with Crippen molar-refractivity contribution in [2.45, 2.75) is 0 Å². The average Bonchev–Trinajstić information content (AvgIpc) is 3.39. The molecule has 0 atom stereocenters. The predicted molar refractivity (Wildman–Crippen MR) is 143 cm³/mol. The summed E-state index contributed by atoms with van der Waals surface area (Å²) in [5.74, 6) is -1.44. The lowest BCUT2D eigenvalue weighted by Gasteiger charge is -2.26. The third-order valence-corrected chi connectivity index (χ3v) is 6.34. The lowest BCUT2D eigenvalue weighted by atomic mass is 10.1. The van der Waals surface area contributed by atoms with Crippen LogP contribution in [-0.4, -0.2) is 44.3 Å². The van der Waals surface area contributed by atoms with Crippen LogP contribution in [0, 0.1) is 5.82 Å². The van der Waals surface area contributed by atoms with Gasteiger partial charge >= 0.3 is 6.03 Å². The fourth-order valence-corrected chi connectivity index (χ4v) is 4.49. The van der Waals surface area contributed by atoms with Gasteiger partial charge in [-0.05, 0) is 76.1 Å². The summed E-state index contributed by atoms with van der Waals surface area (Å²) < 4.78 is 35.0. The maximum Gasteiger partial charge on any atom is 0.335 e. The topological polar surface area (TPSA) is 133 Å². The summed E-state index contributed by atoms with van der Waals surface area (Å²) in [5, 5.41) is 4.74. The number of rotatable bonds is 7. The van der Waals surface area contributed by atoms with Crippen molar-refractivity contribution in [3.8, 4) is 23.0 Å². The normalized spacial score (nSPS) is 15.2. The zero-order chi connectivity index (χ0) is 28.4. The number of ether oxygens (including phenoxy) is 4. The van der Waals surface area contributed by atoms with Crippen LogP contribution in [0.3, 0.4) is 0 Å². The van der Waals surface area contributed by atoms with E-state index < -0.39 is 29.6 Å². The Morgan fingerprint density at radius 3 is 2.60 bits per heavy atom. The van der Waals surface area contributed by atoms with E-state index >= 15 is 0 Å². The summed E-state index contributed by atoms with van der Waals surface area (Å²) >= 11 is 3.36. The van der Waals surface area contributed by atoms with E-state index in [0.717, 1.165) is 4.90 Å². The summed E-state index contributed by atoms with van der Waals surface area (Å²) in [7, 11) is 1.38. The molecule has 0 radical (unpaired) electrons. The van der Waals surface area contributed by atoms with Crippen molar-refractivity contribution in [2.24, 2.45) is 0 Å². The Bertz CT molecular complexity index is 1570. The van der Waals surface area contributed by atoms with E-state index in [1.54, 1.807) is 12.1 Å². The number of fused-ring (bicyclic) bond motifs is 1.